The highest BCUT2D eigenvalue weighted by Gasteiger charge is 2.29. The van der Waals surface area contributed by atoms with Gasteiger partial charge < -0.3 is 15.4 Å². The highest BCUT2D eigenvalue weighted by molar-refractivity contribution is 5.97. The molecular formula is C11H18N4O2. The van der Waals surface area contributed by atoms with E-state index in [1.807, 2.05) is 11.8 Å². The van der Waals surface area contributed by atoms with E-state index >= 15 is 0 Å². The van der Waals surface area contributed by atoms with Gasteiger partial charge in [-0.05, 0) is 6.42 Å². The number of nitrogens with two attached hydrogens (primary N) is 1. The van der Waals surface area contributed by atoms with Crippen LogP contribution in [0, 0.1) is 0 Å². The van der Waals surface area contributed by atoms with Crippen LogP contribution < -0.4 is 5.73 Å². The minimum Gasteiger partial charge on any atom is -0.396 e. The molecule has 1 fully saturated rings. The number of carbonyl (C=O) groups is 1. The number of hydrogen-bond acceptors (Lipinski definition) is 4. The molecule has 1 aromatic rings. The molecule has 2 N–H and O–H groups in total. The first-order chi connectivity index (χ1) is 8.13. The summed E-state index contributed by atoms with van der Waals surface area (Å²) in [4.78, 5) is 14.1. The van der Waals surface area contributed by atoms with E-state index < -0.39 is 0 Å². The largest absolute Gasteiger partial charge is 0.396 e. The van der Waals surface area contributed by atoms with E-state index in [-0.39, 0.29) is 11.9 Å². The first-order valence-corrected chi connectivity index (χ1v) is 5.81. The van der Waals surface area contributed by atoms with E-state index in [1.54, 1.807) is 17.9 Å². The zero-order valence-electron chi connectivity index (χ0n) is 10.2. The van der Waals surface area contributed by atoms with Crippen molar-refractivity contribution >= 4 is 11.6 Å². The fraction of sp³-hybridized carbons (Fsp3) is 0.636. The quantitative estimate of drug-likeness (QED) is 0.801. The first kappa shape index (κ1) is 11.9. The minimum atomic E-state index is -0.0988. The van der Waals surface area contributed by atoms with Gasteiger partial charge in [0.2, 0.25) is 0 Å². The van der Waals surface area contributed by atoms with Crippen molar-refractivity contribution in [3.8, 4) is 0 Å². The van der Waals surface area contributed by atoms with E-state index in [0.717, 1.165) is 6.42 Å². The topological polar surface area (TPSA) is 73.4 Å². The third-order valence-corrected chi connectivity index (χ3v) is 3.02. The van der Waals surface area contributed by atoms with Gasteiger partial charge in [0.1, 0.15) is 0 Å². The van der Waals surface area contributed by atoms with Gasteiger partial charge in [-0.3, -0.25) is 9.48 Å². The van der Waals surface area contributed by atoms with Crippen LogP contribution in [0.4, 0.5) is 5.69 Å². The standard InChI is InChI=1S/C11H18N4O2/c1-3-8-7-17-5-4-15(8)11(16)10-9(12)6-14(2)13-10/h6,8H,3-5,7,12H2,1-2H3. The van der Waals surface area contributed by atoms with Crippen LogP contribution in [0.5, 0.6) is 0 Å². The maximum atomic E-state index is 12.3. The van der Waals surface area contributed by atoms with Crippen LogP contribution in [0.2, 0.25) is 0 Å². The molecule has 1 aliphatic rings. The third kappa shape index (κ3) is 2.26. The summed E-state index contributed by atoms with van der Waals surface area (Å²) < 4.78 is 6.93. The number of aryl methyl sites for hydroxylation is 1. The van der Waals surface area contributed by atoms with Crippen molar-refractivity contribution < 1.29 is 9.53 Å². The van der Waals surface area contributed by atoms with Crippen LogP contribution in [0.25, 0.3) is 0 Å². The summed E-state index contributed by atoms with van der Waals surface area (Å²) in [5, 5.41) is 4.11. The Hall–Kier alpha value is -1.56. The van der Waals surface area contributed by atoms with Crippen LogP contribution >= 0.6 is 0 Å². The van der Waals surface area contributed by atoms with Crippen molar-refractivity contribution in [2.75, 3.05) is 25.5 Å². The second kappa shape index (κ2) is 4.75. The predicted octanol–water partition coefficient (Wildman–Crippen LogP) is 0.253. The molecule has 1 aliphatic heterocycles. The molecule has 17 heavy (non-hydrogen) atoms. The zero-order valence-corrected chi connectivity index (χ0v) is 10.2. The van der Waals surface area contributed by atoms with Gasteiger partial charge in [0.15, 0.2) is 5.69 Å². The first-order valence-electron chi connectivity index (χ1n) is 5.81. The maximum Gasteiger partial charge on any atom is 0.276 e. The van der Waals surface area contributed by atoms with Crippen LogP contribution in [0.1, 0.15) is 23.8 Å². The fourth-order valence-corrected chi connectivity index (χ4v) is 2.07. The van der Waals surface area contributed by atoms with Gasteiger partial charge >= 0.3 is 0 Å². The number of nitrogens with zero attached hydrogens (tertiary/aromatic N) is 3. The highest BCUT2D eigenvalue weighted by atomic mass is 16.5. The number of nitrogen functional groups attached to an aromatic ring is 1. The molecule has 6 nitrogen and oxygen atoms in total. The number of carbonyl (C=O) groups excluding carboxylic acids is 1. The van der Waals surface area contributed by atoms with Crippen molar-refractivity contribution in [1.29, 1.82) is 0 Å². The molecule has 6 heteroatoms. The summed E-state index contributed by atoms with van der Waals surface area (Å²) in [6.45, 7) is 3.82. The van der Waals surface area contributed by atoms with E-state index in [4.69, 9.17) is 10.5 Å². The normalized spacial score (nSPS) is 20.6. The second-order valence-corrected chi connectivity index (χ2v) is 4.24. The second-order valence-electron chi connectivity index (χ2n) is 4.24. The molecule has 1 saturated heterocycles. The lowest BCUT2D eigenvalue weighted by atomic mass is 10.1. The Morgan fingerprint density at radius 3 is 3.06 bits per heavy atom. The van der Waals surface area contributed by atoms with Gasteiger partial charge in [-0.25, -0.2) is 0 Å². The van der Waals surface area contributed by atoms with Crippen molar-refractivity contribution in [1.82, 2.24) is 14.7 Å². The smallest absolute Gasteiger partial charge is 0.276 e. The number of ether oxygens (including phenoxy) is 1. The SMILES string of the molecule is CCC1COCCN1C(=O)c1nn(C)cc1N. The fourth-order valence-electron chi connectivity index (χ4n) is 2.07. The summed E-state index contributed by atoms with van der Waals surface area (Å²) in [7, 11) is 1.75. The Morgan fingerprint density at radius 1 is 1.71 bits per heavy atom. The number of anilines is 1. The lowest BCUT2D eigenvalue weighted by molar-refractivity contribution is -0.00308. The van der Waals surface area contributed by atoms with Gasteiger partial charge in [0.25, 0.3) is 5.91 Å². The Morgan fingerprint density at radius 2 is 2.47 bits per heavy atom. The van der Waals surface area contributed by atoms with Gasteiger partial charge in [-0.15, -0.1) is 0 Å². The Bertz CT molecular complexity index is 416. The molecule has 0 radical (unpaired) electrons. The number of hydrogen-bond donors (Lipinski definition) is 1. The molecule has 0 saturated carbocycles. The summed E-state index contributed by atoms with van der Waals surface area (Å²) in [5.74, 6) is -0.0988. The third-order valence-electron chi connectivity index (χ3n) is 3.02. The van der Waals surface area contributed by atoms with E-state index in [9.17, 15) is 4.79 Å². The summed E-state index contributed by atoms with van der Waals surface area (Å²) in [5.41, 5.74) is 6.54. The number of aromatic nitrogens is 2. The lowest BCUT2D eigenvalue weighted by Gasteiger charge is -2.34. The maximum absolute atomic E-state index is 12.3. The Labute approximate surface area is 100 Å². The minimum absolute atomic E-state index is 0.0988. The molecule has 1 aromatic heterocycles. The van der Waals surface area contributed by atoms with Crippen LogP contribution in [-0.2, 0) is 11.8 Å². The number of morpholine rings is 1. The van der Waals surface area contributed by atoms with Crippen LogP contribution in [-0.4, -0.2) is 46.4 Å². The van der Waals surface area contributed by atoms with E-state index in [1.165, 1.54) is 0 Å². The average Bonchev–Trinajstić information content (AvgIpc) is 2.67. The van der Waals surface area contributed by atoms with Crippen molar-refractivity contribution in [3.63, 3.8) is 0 Å². The summed E-state index contributed by atoms with van der Waals surface area (Å²) in [6.07, 6.45) is 2.52. The molecule has 0 aromatic carbocycles. The lowest BCUT2D eigenvalue weighted by Crippen LogP contribution is -2.48. The van der Waals surface area contributed by atoms with Gasteiger partial charge in [0.05, 0.1) is 24.9 Å². The molecule has 1 unspecified atom stereocenters. The molecule has 1 amide bonds. The average molecular weight is 238 g/mol. The molecule has 0 bridgehead atoms. The number of rotatable bonds is 2. The molecular weight excluding hydrogens is 220 g/mol. The van der Waals surface area contributed by atoms with Crippen molar-refractivity contribution in [3.05, 3.63) is 11.9 Å². The van der Waals surface area contributed by atoms with Gasteiger partial charge in [-0.1, -0.05) is 6.92 Å². The summed E-state index contributed by atoms with van der Waals surface area (Å²) in [6, 6.07) is 0.123. The molecule has 2 heterocycles. The highest BCUT2D eigenvalue weighted by Crippen LogP contribution is 2.17. The zero-order chi connectivity index (χ0) is 12.4. The molecule has 94 valence electrons. The van der Waals surface area contributed by atoms with Gasteiger partial charge in [-0.2, -0.15) is 5.10 Å². The number of amides is 1. The predicted molar refractivity (Wildman–Crippen MR) is 63.6 cm³/mol. The molecule has 0 spiro atoms. The monoisotopic (exact) mass is 238 g/mol. The Kier molecular flexibility index (Phi) is 3.33. The molecule has 0 aliphatic carbocycles. The van der Waals surface area contributed by atoms with E-state index in [0.29, 0.717) is 31.1 Å². The van der Waals surface area contributed by atoms with Crippen LogP contribution in [0.15, 0.2) is 6.20 Å². The molecule has 2 rings (SSSR count). The summed E-state index contributed by atoms with van der Waals surface area (Å²) >= 11 is 0. The van der Waals surface area contributed by atoms with Crippen molar-refractivity contribution in [2.45, 2.75) is 19.4 Å². The van der Waals surface area contributed by atoms with Crippen LogP contribution in [0.3, 0.4) is 0 Å². The van der Waals surface area contributed by atoms with Crippen molar-refractivity contribution in [2.24, 2.45) is 7.05 Å². The molecule has 1 atom stereocenters. The van der Waals surface area contributed by atoms with E-state index in [2.05, 4.69) is 5.10 Å². The van der Waals surface area contributed by atoms with Gasteiger partial charge in [0, 0.05) is 19.8 Å². The Balaban J connectivity index is 2.21.